The third kappa shape index (κ3) is 3.82. The number of rotatable bonds is 3. The van der Waals surface area contributed by atoms with Gasteiger partial charge in [0.15, 0.2) is 0 Å². The van der Waals surface area contributed by atoms with E-state index >= 15 is 0 Å². The molecule has 1 aromatic carbocycles. The normalized spacial score (nSPS) is 22.0. The average molecular weight is 348 g/mol. The minimum absolute atomic E-state index is 0.0746. The first-order chi connectivity index (χ1) is 12.1. The van der Waals surface area contributed by atoms with Crippen molar-refractivity contribution >= 4 is 12.4 Å². The summed E-state index contributed by atoms with van der Waals surface area (Å²) in [6, 6.07) is 6.07. The fourth-order valence-corrected chi connectivity index (χ4v) is 3.20. The maximum Gasteiger partial charge on any atom is 0.290 e. The van der Waals surface area contributed by atoms with Crippen LogP contribution in [-0.4, -0.2) is 52.2 Å². The lowest BCUT2D eigenvalue weighted by Crippen LogP contribution is -2.28. The molecule has 0 aliphatic carbocycles. The molecule has 0 bridgehead atoms. The van der Waals surface area contributed by atoms with Gasteiger partial charge in [0, 0.05) is 31.1 Å². The van der Waals surface area contributed by atoms with Crippen LogP contribution in [-0.2, 0) is 16.1 Å². The van der Waals surface area contributed by atoms with Gasteiger partial charge in [0.2, 0.25) is 17.7 Å². The highest BCUT2D eigenvalue weighted by Gasteiger charge is 2.42. The predicted octanol–water partition coefficient (Wildman–Crippen LogP) is 0.754. The number of carboxylic acid groups (broad SMARTS) is 1. The summed E-state index contributed by atoms with van der Waals surface area (Å²) >= 11 is 0. The molecule has 2 aliphatic heterocycles. The van der Waals surface area contributed by atoms with Crippen LogP contribution >= 0.6 is 0 Å². The molecular formula is C16H17FN4O4. The number of aromatic nitrogens is 2. The predicted molar refractivity (Wildman–Crippen MR) is 83.7 cm³/mol. The number of likely N-dealkylation sites (tertiary alicyclic amines) is 1. The number of nitrogens with one attached hydrogen (secondary N) is 1. The van der Waals surface area contributed by atoms with Crippen molar-refractivity contribution in [3.8, 4) is 11.5 Å². The Morgan fingerprint density at radius 3 is 2.92 bits per heavy atom. The van der Waals surface area contributed by atoms with Gasteiger partial charge < -0.3 is 14.8 Å². The summed E-state index contributed by atoms with van der Waals surface area (Å²) < 4.78 is 18.8. The monoisotopic (exact) mass is 348 g/mol. The van der Waals surface area contributed by atoms with E-state index in [0.29, 0.717) is 36.4 Å². The van der Waals surface area contributed by atoms with E-state index in [0.717, 1.165) is 13.1 Å². The van der Waals surface area contributed by atoms with E-state index in [1.807, 2.05) is 0 Å². The van der Waals surface area contributed by atoms with Crippen LogP contribution in [0.5, 0.6) is 0 Å². The zero-order chi connectivity index (χ0) is 17.8. The van der Waals surface area contributed by atoms with Gasteiger partial charge in [0.1, 0.15) is 5.82 Å². The summed E-state index contributed by atoms with van der Waals surface area (Å²) in [4.78, 5) is 22.2. The molecule has 2 saturated heterocycles. The van der Waals surface area contributed by atoms with Crippen molar-refractivity contribution in [3.63, 3.8) is 0 Å². The molecule has 2 aliphatic rings. The molecule has 0 saturated carbocycles. The largest absolute Gasteiger partial charge is 0.483 e. The lowest BCUT2D eigenvalue weighted by atomic mass is 10.0. The van der Waals surface area contributed by atoms with E-state index in [1.54, 1.807) is 12.1 Å². The Hall–Kier alpha value is -2.81. The van der Waals surface area contributed by atoms with Crippen molar-refractivity contribution in [2.75, 3.05) is 19.6 Å². The van der Waals surface area contributed by atoms with E-state index in [-0.39, 0.29) is 24.1 Å². The lowest BCUT2D eigenvalue weighted by Gasteiger charge is -2.13. The summed E-state index contributed by atoms with van der Waals surface area (Å²) in [7, 11) is 0. The fourth-order valence-electron chi connectivity index (χ4n) is 3.20. The van der Waals surface area contributed by atoms with Crippen LogP contribution in [0, 0.1) is 17.7 Å². The molecule has 0 unspecified atom stereocenters. The number of hydrogen-bond donors (Lipinski definition) is 2. The van der Waals surface area contributed by atoms with E-state index in [2.05, 4.69) is 20.4 Å². The van der Waals surface area contributed by atoms with E-state index in [1.165, 1.54) is 12.1 Å². The second-order valence-electron chi connectivity index (χ2n) is 5.92. The van der Waals surface area contributed by atoms with Gasteiger partial charge in [-0.3, -0.25) is 14.5 Å². The van der Waals surface area contributed by atoms with Crippen molar-refractivity contribution in [1.29, 1.82) is 0 Å². The highest BCUT2D eigenvalue weighted by molar-refractivity contribution is 5.81. The second-order valence-corrected chi connectivity index (χ2v) is 5.92. The smallest absolute Gasteiger partial charge is 0.290 e. The fraction of sp³-hybridized carbons (Fsp3) is 0.375. The SMILES string of the molecule is O=C1NC[C@H]2CN(Cc3nnc(-c4cccc(F)c4)o3)C[C@@H]12.O=CO. The Bertz CT molecular complexity index is 766. The molecule has 3 heterocycles. The Morgan fingerprint density at radius 2 is 2.20 bits per heavy atom. The number of carbonyl (C=O) groups excluding carboxylic acids is 1. The van der Waals surface area contributed by atoms with Crippen LogP contribution in [0.1, 0.15) is 5.89 Å². The van der Waals surface area contributed by atoms with Crippen LogP contribution in [0.2, 0.25) is 0 Å². The van der Waals surface area contributed by atoms with Crippen LogP contribution in [0.3, 0.4) is 0 Å². The first-order valence-electron chi connectivity index (χ1n) is 7.77. The number of carbonyl (C=O) groups is 2. The lowest BCUT2D eigenvalue weighted by molar-refractivity contribution is -0.123. The van der Waals surface area contributed by atoms with Crippen molar-refractivity contribution < 1.29 is 23.5 Å². The highest BCUT2D eigenvalue weighted by Crippen LogP contribution is 2.28. The van der Waals surface area contributed by atoms with Gasteiger partial charge in [-0.25, -0.2) is 4.39 Å². The number of hydrogen-bond acceptors (Lipinski definition) is 6. The third-order valence-corrected chi connectivity index (χ3v) is 4.29. The number of benzene rings is 1. The topological polar surface area (TPSA) is 109 Å². The summed E-state index contributed by atoms with van der Waals surface area (Å²) in [6.45, 7) is 2.58. The molecule has 2 N–H and O–H groups in total. The Kier molecular flexibility index (Phi) is 5.03. The van der Waals surface area contributed by atoms with Gasteiger partial charge in [-0.1, -0.05) is 6.07 Å². The Balaban J connectivity index is 0.000000569. The minimum Gasteiger partial charge on any atom is -0.483 e. The summed E-state index contributed by atoms with van der Waals surface area (Å²) in [5.74, 6) is 1.05. The molecule has 2 atom stereocenters. The Labute approximate surface area is 142 Å². The molecule has 1 amide bonds. The molecular weight excluding hydrogens is 331 g/mol. The molecule has 132 valence electrons. The van der Waals surface area contributed by atoms with Crippen LogP contribution < -0.4 is 5.32 Å². The van der Waals surface area contributed by atoms with Crippen LogP contribution in [0.4, 0.5) is 4.39 Å². The number of fused-ring (bicyclic) bond motifs is 1. The van der Waals surface area contributed by atoms with Crippen LogP contribution in [0.15, 0.2) is 28.7 Å². The summed E-state index contributed by atoms with van der Waals surface area (Å²) in [5, 5.41) is 17.8. The van der Waals surface area contributed by atoms with Crippen molar-refractivity contribution in [1.82, 2.24) is 20.4 Å². The molecule has 2 aromatic rings. The van der Waals surface area contributed by atoms with Gasteiger partial charge in [-0.2, -0.15) is 0 Å². The van der Waals surface area contributed by atoms with Gasteiger partial charge in [0.05, 0.1) is 12.5 Å². The quantitative estimate of drug-likeness (QED) is 0.788. The molecule has 25 heavy (non-hydrogen) atoms. The average Bonchev–Trinajstić information content (AvgIpc) is 3.27. The number of halogens is 1. The zero-order valence-electron chi connectivity index (χ0n) is 13.3. The molecule has 8 nitrogen and oxygen atoms in total. The first-order valence-corrected chi connectivity index (χ1v) is 7.77. The van der Waals surface area contributed by atoms with Crippen molar-refractivity contribution in [3.05, 3.63) is 36.0 Å². The van der Waals surface area contributed by atoms with Gasteiger partial charge in [0.25, 0.3) is 6.47 Å². The molecule has 2 fully saturated rings. The molecule has 0 spiro atoms. The molecule has 1 aromatic heterocycles. The molecule has 9 heteroatoms. The second kappa shape index (κ2) is 7.39. The minimum atomic E-state index is -0.337. The number of nitrogens with zero attached hydrogens (tertiary/aromatic N) is 3. The highest BCUT2D eigenvalue weighted by atomic mass is 19.1. The van der Waals surface area contributed by atoms with Crippen LogP contribution in [0.25, 0.3) is 11.5 Å². The van der Waals surface area contributed by atoms with Crippen molar-refractivity contribution in [2.24, 2.45) is 11.8 Å². The first kappa shape index (κ1) is 17.0. The van der Waals surface area contributed by atoms with E-state index in [4.69, 9.17) is 14.3 Å². The Morgan fingerprint density at radius 1 is 1.40 bits per heavy atom. The van der Waals surface area contributed by atoms with Crippen molar-refractivity contribution in [2.45, 2.75) is 6.54 Å². The van der Waals surface area contributed by atoms with Gasteiger partial charge >= 0.3 is 0 Å². The zero-order valence-corrected chi connectivity index (χ0v) is 13.3. The third-order valence-electron chi connectivity index (χ3n) is 4.29. The number of amides is 1. The summed E-state index contributed by atoms with van der Waals surface area (Å²) in [6.07, 6.45) is 0. The standard InChI is InChI=1S/C15H15FN4O2.CH2O2/c16-11-3-1-2-9(4-11)15-19-18-13(22-15)8-20-6-10-5-17-14(21)12(10)7-20;2-1-3/h1-4,10,12H,5-8H2,(H,17,21);1H,(H,2,3)/t10-,12+;/m0./s1. The maximum absolute atomic E-state index is 13.2. The summed E-state index contributed by atoms with van der Waals surface area (Å²) in [5.41, 5.74) is 0.566. The van der Waals surface area contributed by atoms with E-state index < -0.39 is 0 Å². The molecule has 4 rings (SSSR count). The van der Waals surface area contributed by atoms with Gasteiger partial charge in [-0.15, -0.1) is 10.2 Å². The van der Waals surface area contributed by atoms with E-state index in [9.17, 15) is 9.18 Å². The molecule has 0 radical (unpaired) electrons. The maximum atomic E-state index is 13.2. The van der Waals surface area contributed by atoms with Gasteiger partial charge in [-0.05, 0) is 18.2 Å².